The van der Waals surface area contributed by atoms with Gasteiger partial charge in [0.2, 0.25) is 0 Å². The number of hydrogen-bond donors (Lipinski definition) is 1. The van der Waals surface area contributed by atoms with E-state index in [1.54, 1.807) is 43.5 Å². The summed E-state index contributed by atoms with van der Waals surface area (Å²) in [7, 11) is 1.55. The van der Waals surface area contributed by atoms with Crippen molar-refractivity contribution in [3.8, 4) is 11.5 Å². The molecular weight excluding hydrogens is 451 g/mol. The Kier molecular flexibility index (Phi) is 6.68. The predicted octanol–water partition coefficient (Wildman–Crippen LogP) is 6.05. The highest BCUT2D eigenvalue weighted by atomic mass is 35.5. The molecule has 0 saturated heterocycles. The van der Waals surface area contributed by atoms with E-state index in [1.165, 1.54) is 23.6 Å². The van der Waals surface area contributed by atoms with Crippen molar-refractivity contribution in [2.75, 3.05) is 7.11 Å². The van der Waals surface area contributed by atoms with Crippen LogP contribution in [0.4, 0.5) is 4.39 Å². The molecule has 162 valence electrons. The summed E-state index contributed by atoms with van der Waals surface area (Å²) in [5, 5.41) is 5.29. The van der Waals surface area contributed by atoms with E-state index < -0.39 is 5.82 Å². The van der Waals surface area contributed by atoms with Crippen LogP contribution in [-0.4, -0.2) is 19.2 Å². The highest BCUT2D eigenvalue weighted by molar-refractivity contribution is 7.21. The zero-order valence-electron chi connectivity index (χ0n) is 17.0. The van der Waals surface area contributed by atoms with Crippen molar-refractivity contribution in [2.24, 2.45) is 5.10 Å². The van der Waals surface area contributed by atoms with E-state index in [9.17, 15) is 9.18 Å². The summed E-state index contributed by atoms with van der Waals surface area (Å²) >= 11 is 7.65. The number of ether oxygens (including phenoxy) is 2. The molecule has 0 unspecified atom stereocenters. The van der Waals surface area contributed by atoms with Gasteiger partial charge in [0.05, 0.1) is 18.3 Å². The van der Waals surface area contributed by atoms with Crippen LogP contribution in [0.25, 0.3) is 10.1 Å². The number of hydrazone groups is 1. The highest BCUT2D eigenvalue weighted by Gasteiger charge is 2.16. The van der Waals surface area contributed by atoms with E-state index in [0.29, 0.717) is 26.8 Å². The minimum Gasteiger partial charge on any atom is -0.496 e. The number of carbonyl (C=O) groups excluding carboxylic acids is 1. The molecule has 0 aliphatic rings. The van der Waals surface area contributed by atoms with E-state index in [4.69, 9.17) is 21.1 Å². The van der Waals surface area contributed by atoms with Crippen molar-refractivity contribution >= 4 is 45.1 Å². The summed E-state index contributed by atoms with van der Waals surface area (Å²) in [6.45, 7) is 0.107. The lowest BCUT2D eigenvalue weighted by Crippen LogP contribution is -2.16. The molecule has 0 bridgehead atoms. The van der Waals surface area contributed by atoms with Crippen molar-refractivity contribution in [2.45, 2.75) is 6.61 Å². The standard InChI is InChI=1S/C24H18ClFN2O3S/c1-30-19-11-10-15(12-16(19)14-31-20-8-4-3-7-18(20)26)13-27-28-24(29)23-22(25)17-6-2-5-9-21(17)32-23/h2-13H,14H2,1H3,(H,28,29)/b27-13-. The lowest BCUT2D eigenvalue weighted by Gasteiger charge is -2.11. The Labute approximate surface area is 193 Å². The van der Waals surface area contributed by atoms with Crippen molar-refractivity contribution in [1.29, 1.82) is 0 Å². The molecule has 0 atom stereocenters. The maximum atomic E-state index is 13.8. The van der Waals surface area contributed by atoms with Crippen LogP contribution in [0.3, 0.4) is 0 Å². The molecule has 1 amide bonds. The maximum absolute atomic E-state index is 13.8. The number of methoxy groups -OCH3 is 1. The van der Waals surface area contributed by atoms with Gasteiger partial charge >= 0.3 is 0 Å². The van der Waals surface area contributed by atoms with Crippen LogP contribution in [0.2, 0.25) is 5.02 Å². The van der Waals surface area contributed by atoms with Crippen molar-refractivity contribution < 1.29 is 18.7 Å². The van der Waals surface area contributed by atoms with Gasteiger partial charge in [-0.25, -0.2) is 9.82 Å². The van der Waals surface area contributed by atoms with Crippen LogP contribution in [0.5, 0.6) is 11.5 Å². The van der Waals surface area contributed by atoms with E-state index in [-0.39, 0.29) is 18.3 Å². The quantitative estimate of drug-likeness (QED) is 0.265. The first-order chi connectivity index (χ1) is 15.6. The molecule has 5 nitrogen and oxygen atoms in total. The van der Waals surface area contributed by atoms with Gasteiger partial charge in [0.25, 0.3) is 5.91 Å². The largest absolute Gasteiger partial charge is 0.496 e. The summed E-state index contributed by atoms with van der Waals surface area (Å²) in [6.07, 6.45) is 1.51. The molecule has 0 spiro atoms. The van der Waals surface area contributed by atoms with Crippen molar-refractivity contribution in [3.63, 3.8) is 0 Å². The molecule has 4 rings (SSSR count). The highest BCUT2D eigenvalue weighted by Crippen LogP contribution is 2.35. The number of thiophene rings is 1. The summed E-state index contributed by atoms with van der Waals surface area (Å²) in [5.41, 5.74) is 3.92. The molecular formula is C24H18ClFN2O3S. The number of nitrogens with one attached hydrogen (secondary N) is 1. The number of fused-ring (bicyclic) bond motifs is 1. The Hall–Kier alpha value is -3.42. The molecule has 1 aromatic heterocycles. The van der Waals surface area contributed by atoms with Crippen LogP contribution >= 0.6 is 22.9 Å². The predicted molar refractivity (Wildman–Crippen MR) is 126 cm³/mol. The summed E-state index contributed by atoms with van der Waals surface area (Å²) in [4.78, 5) is 12.9. The number of carbonyl (C=O) groups is 1. The molecule has 3 aromatic carbocycles. The number of nitrogens with zero attached hydrogens (tertiary/aromatic N) is 1. The molecule has 0 radical (unpaired) electrons. The van der Waals surface area contributed by atoms with E-state index in [1.807, 2.05) is 24.3 Å². The molecule has 32 heavy (non-hydrogen) atoms. The Morgan fingerprint density at radius 1 is 1.12 bits per heavy atom. The lowest BCUT2D eigenvalue weighted by atomic mass is 10.1. The Morgan fingerprint density at radius 3 is 2.69 bits per heavy atom. The first kappa shape index (κ1) is 21.8. The third-order valence-electron chi connectivity index (χ3n) is 4.65. The van der Waals surface area contributed by atoms with Gasteiger partial charge in [-0.3, -0.25) is 4.79 Å². The van der Waals surface area contributed by atoms with Crippen LogP contribution < -0.4 is 14.9 Å². The molecule has 0 aliphatic heterocycles. The van der Waals surface area contributed by atoms with Gasteiger partial charge in [0, 0.05) is 15.6 Å². The minimum atomic E-state index is -0.438. The van der Waals surface area contributed by atoms with Gasteiger partial charge < -0.3 is 9.47 Å². The van der Waals surface area contributed by atoms with Crippen LogP contribution in [-0.2, 0) is 6.61 Å². The summed E-state index contributed by atoms with van der Waals surface area (Å²) in [6, 6.07) is 19.1. The van der Waals surface area contributed by atoms with Gasteiger partial charge in [-0.1, -0.05) is 41.9 Å². The van der Waals surface area contributed by atoms with Crippen LogP contribution in [0, 0.1) is 5.82 Å². The molecule has 0 saturated carbocycles. The zero-order valence-corrected chi connectivity index (χ0v) is 18.5. The first-order valence-corrected chi connectivity index (χ1v) is 10.8. The van der Waals surface area contributed by atoms with Gasteiger partial charge in [-0.15, -0.1) is 11.3 Å². The number of benzene rings is 3. The minimum absolute atomic E-state index is 0.107. The van der Waals surface area contributed by atoms with Gasteiger partial charge in [-0.05, 0) is 42.0 Å². The Morgan fingerprint density at radius 2 is 1.91 bits per heavy atom. The third kappa shape index (κ3) is 4.74. The fraction of sp³-hybridized carbons (Fsp3) is 0.0833. The van der Waals surface area contributed by atoms with Crippen molar-refractivity contribution in [1.82, 2.24) is 5.43 Å². The van der Waals surface area contributed by atoms with Gasteiger partial charge in [0.15, 0.2) is 11.6 Å². The second-order valence-corrected chi connectivity index (χ2v) is 8.16. The number of hydrogen-bond acceptors (Lipinski definition) is 5. The number of para-hydroxylation sites is 1. The molecule has 1 N–H and O–H groups in total. The SMILES string of the molecule is COc1ccc(/C=N\NC(=O)c2sc3ccccc3c2Cl)cc1COc1ccccc1F. The second-order valence-electron chi connectivity index (χ2n) is 6.73. The molecule has 8 heteroatoms. The molecule has 1 heterocycles. The number of rotatable bonds is 7. The second kappa shape index (κ2) is 9.80. The topological polar surface area (TPSA) is 59.9 Å². The normalized spacial score (nSPS) is 11.1. The fourth-order valence-corrected chi connectivity index (χ4v) is 4.49. The average Bonchev–Trinajstić information content (AvgIpc) is 3.15. The Balaban J connectivity index is 1.46. The lowest BCUT2D eigenvalue weighted by molar-refractivity contribution is 0.0959. The number of halogens is 2. The maximum Gasteiger partial charge on any atom is 0.283 e. The first-order valence-electron chi connectivity index (χ1n) is 9.61. The van der Waals surface area contributed by atoms with Gasteiger partial charge in [0.1, 0.15) is 17.2 Å². The summed E-state index contributed by atoms with van der Waals surface area (Å²) < 4.78 is 25.7. The average molecular weight is 469 g/mol. The van der Waals surface area contributed by atoms with Gasteiger partial charge in [-0.2, -0.15) is 5.10 Å². The monoisotopic (exact) mass is 468 g/mol. The molecule has 0 aliphatic carbocycles. The zero-order chi connectivity index (χ0) is 22.5. The molecule has 0 fully saturated rings. The fourth-order valence-electron chi connectivity index (χ4n) is 3.09. The van der Waals surface area contributed by atoms with Crippen molar-refractivity contribution in [3.05, 3.63) is 93.6 Å². The van der Waals surface area contributed by atoms with E-state index in [0.717, 1.165) is 10.1 Å². The smallest absolute Gasteiger partial charge is 0.283 e. The number of amides is 1. The van der Waals surface area contributed by atoms with Crippen LogP contribution in [0.15, 0.2) is 71.8 Å². The Bertz CT molecular complexity index is 1310. The third-order valence-corrected chi connectivity index (χ3v) is 6.32. The molecule has 4 aromatic rings. The summed E-state index contributed by atoms with van der Waals surface area (Å²) in [5.74, 6) is -0.0726. The van der Waals surface area contributed by atoms with E-state index >= 15 is 0 Å². The van der Waals surface area contributed by atoms with Crippen LogP contribution in [0.1, 0.15) is 20.8 Å². The van der Waals surface area contributed by atoms with E-state index in [2.05, 4.69) is 10.5 Å².